The van der Waals surface area contributed by atoms with E-state index in [0.29, 0.717) is 26.1 Å². The van der Waals surface area contributed by atoms with E-state index >= 15 is 0 Å². The Kier molecular flexibility index (Phi) is 5.19. The van der Waals surface area contributed by atoms with Gasteiger partial charge >= 0.3 is 0 Å². The molecule has 0 spiro atoms. The predicted molar refractivity (Wildman–Crippen MR) is 106 cm³/mol. The van der Waals surface area contributed by atoms with E-state index in [1.54, 1.807) is 30.3 Å². The normalized spacial score (nSPS) is 28.7. The molecule has 1 aromatic rings. The van der Waals surface area contributed by atoms with E-state index in [9.17, 15) is 19.2 Å². The van der Waals surface area contributed by atoms with Gasteiger partial charge in [0.15, 0.2) is 0 Å². The fourth-order valence-corrected chi connectivity index (χ4v) is 5.38. The Labute approximate surface area is 169 Å². The molecule has 1 aromatic heterocycles. The summed E-state index contributed by atoms with van der Waals surface area (Å²) in [5, 5.41) is 2.87. The Balaban J connectivity index is 1.62. The zero-order valence-electron chi connectivity index (χ0n) is 17.0. The summed E-state index contributed by atoms with van der Waals surface area (Å²) >= 11 is 0. The van der Waals surface area contributed by atoms with Gasteiger partial charge in [-0.3, -0.25) is 19.2 Å². The molecule has 3 amide bonds. The van der Waals surface area contributed by atoms with E-state index < -0.39 is 0 Å². The number of nitrogens with zero attached hydrogens (tertiary/aromatic N) is 3. The molecule has 1 N–H and O–H groups in total. The van der Waals surface area contributed by atoms with Gasteiger partial charge in [0.25, 0.3) is 11.5 Å². The first-order chi connectivity index (χ1) is 13.9. The number of nitrogens with one attached hydrogen (secondary N) is 1. The molecule has 2 bridgehead atoms. The van der Waals surface area contributed by atoms with E-state index in [1.165, 1.54) is 11.5 Å². The molecule has 3 aliphatic rings. The van der Waals surface area contributed by atoms with Gasteiger partial charge in [-0.1, -0.05) is 0 Å². The molecule has 4 atom stereocenters. The van der Waals surface area contributed by atoms with Crippen LogP contribution in [0.3, 0.4) is 0 Å². The van der Waals surface area contributed by atoms with Crippen molar-refractivity contribution in [2.75, 3.05) is 19.6 Å². The number of likely N-dealkylation sites (tertiary alicyclic amines) is 1. The molecule has 4 heterocycles. The minimum Gasteiger partial charge on any atom is -0.354 e. The summed E-state index contributed by atoms with van der Waals surface area (Å²) in [5.74, 6) is 0.0981. The maximum absolute atomic E-state index is 13.2. The minimum absolute atomic E-state index is 0.0930. The zero-order chi connectivity index (χ0) is 20.7. The Hall–Kier alpha value is -2.64. The fraction of sp³-hybridized carbons (Fsp3) is 0.619. The van der Waals surface area contributed by atoms with Crippen LogP contribution >= 0.6 is 0 Å². The standard InChI is InChI=1S/C21H28N4O4/c1-13(26)22-10-18-15-9-14(17-6-3-7-19(27)25(17)18)11-24(12-15)21(29)16-5-4-8-23(2)20(16)28/h4-5,8,14-15,17-18H,3,6-7,9-12H2,1-2H3,(H,22,26)/t14-,15+,17+,18+/m1/s1. The second kappa shape index (κ2) is 7.65. The van der Waals surface area contributed by atoms with Crippen LogP contribution in [-0.2, 0) is 16.6 Å². The number of aryl methyl sites for hydroxylation is 1. The number of aromatic nitrogens is 1. The van der Waals surface area contributed by atoms with Gasteiger partial charge < -0.3 is 19.7 Å². The monoisotopic (exact) mass is 400 g/mol. The van der Waals surface area contributed by atoms with E-state index in [-0.39, 0.29) is 52.8 Å². The molecule has 4 rings (SSSR count). The topological polar surface area (TPSA) is 91.7 Å². The number of carbonyl (C=O) groups is 3. The number of pyridine rings is 1. The van der Waals surface area contributed by atoms with Gasteiger partial charge in [-0.15, -0.1) is 0 Å². The van der Waals surface area contributed by atoms with Crippen LogP contribution in [0.5, 0.6) is 0 Å². The van der Waals surface area contributed by atoms with Gasteiger partial charge in [-0.2, -0.15) is 0 Å². The molecule has 0 aromatic carbocycles. The van der Waals surface area contributed by atoms with E-state index in [0.717, 1.165) is 19.3 Å². The van der Waals surface area contributed by atoms with Crippen LogP contribution in [0.2, 0.25) is 0 Å². The van der Waals surface area contributed by atoms with Crippen LogP contribution in [0.1, 0.15) is 43.0 Å². The molecule has 3 aliphatic heterocycles. The molecule has 156 valence electrons. The SMILES string of the molecule is CC(=O)NC[C@H]1[C@H]2C[C@H](CN(C(=O)c3cccn(C)c3=O)C2)[C@@H]2CCCC(=O)N21. The summed E-state index contributed by atoms with van der Waals surface area (Å²) in [4.78, 5) is 53.6. The van der Waals surface area contributed by atoms with Gasteiger partial charge in [-0.05, 0) is 43.2 Å². The summed E-state index contributed by atoms with van der Waals surface area (Å²) in [6.07, 6.45) is 4.92. The lowest BCUT2D eigenvalue weighted by Gasteiger charge is -2.56. The summed E-state index contributed by atoms with van der Waals surface area (Å²) < 4.78 is 1.42. The smallest absolute Gasteiger partial charge is 0.263 e. The number of fused-ring (bicyclic) bond motifs is 4. The van der Waals surface area contributed by atoms with Crippen molar-refractivity contribution in [2.45, 2.75) is 44.7 Å². The van der Waals surface area contributed by atoms with Crippen molar-refractivity contribution in [1.82, 2.24) is 19.7 Å². The summed E-state index contributed by atoms with van der Waals surface area (Å²) in [5.41, 5.74) is -0.109. The van der Waals surface area contributed by atoms with Crippen LogP contribution in [-0.4, -0.2) is 63.8 Å². The number of hydrogen-bond acceptors (Lipinski definition) is 4. The third kappa shape index (κ3) is 3.56. The molecule has 0 radical (unpaired) electrons. The third-order valence-corrected chi connectivity index (χ3v) is 6.70. The Morgan fingerprint density at radius 2 is 1.97 bits per heavy atom. The van der Waals surface area contributed by atoms with Gasteiger partial charge in [0.1, 0.15) is 5.56 Å². The second-order valence-electron chi connectivity index (χ2n) is 8.57. The number of amides is 3. The first-order valence-corrected chi connectivity index (χ1v) is 10.4. The Morgan fingerprint density at radius 1 is 1.21 bits per heavy atom. The van der Waals surface area contributed by atoms with Crippen molar-refractivity contribution in [3.8, 4) is 0 Å². The highest BCUT2D eigenvalue weighted by atomic mass is 16.2. The number of piperidine rings is 3. The fourth-order valence-electron chi connectivity index (χ4n) is 5.38. The quantitative estimate of drug-likeness (QED) is 0.793. The number of rotatable bonds is 3. The molecule has 8 heteroatoms. The molecule has 0 saturated carbocycles. The lowest BCUT2D eigenvalue weighted by Crippen LogP contribution is -2.67. The third-order valence-electron chi connectivity index (χ3n) is 6.70. The minimum atomic E-state index is -0.294. The van der Waals surface area contributed by atoms with E-state index in [1.807, 2.05) is 4.90 Å². The molecule has 29 heavy (non-hydrogen) atoms. The van der Waals surface area contributed by atoms with Crippen molar-refractivity contribution < 1.29 is 14.4 Å². The summed E-state index contributed by atoms with van der Waals surface area (Å²) in [7, 11) is 1.64. The molecular weight excluding hydrogens is 372 g/mol. The van der Waals surface area contributed by atoms with Crippen molar-refractivity contribution in [1.29, 1.82) is 0 Å². The molecule has 3 saturated heterocycles. The van der Waals surface area contributed by atoms with Crippen LogP contribution in [0.15, 0.2) is 23.1 Å². The van der Waals surface area contributed by atoms with Gasteiger partial charge in [0.2, 0.25) is 11.8 Å². The average molecular weight is 400 g/mol. The first-order valence-electron chi connectivity index (χ1n) is 10.4. The molecular formula is C21H28N4O4. The van der Waals surface area contributed by atoms with Crippen molar-refractivity contribution in [2.24, 2.45) is 18.9 Å². The van der Waals surface area contributed by atoms with E-state index in [4.69, 9.17) is 0 Å². The lowest BCUT2D eigenvalue weighted by atomic mass is 9.72. The van der Waals surface area contributed by atoms with Gasteiger partial charge in [0.05, 0.1) is 6.04 Å². The predicted octanol–water partition coefficient (Wildman–Crippen LogP) is 0.363. The lowest BCUT2D eigenvalue weighted by molar-refractivity contribution is -0.151. The molecule has 0 unspecified atom stereocenters. The van der Waals surface area contributed by atoms with Crippen LogP contribution in [0.4, 0.5) is 0 Å². The highest BCUT2D eigenvalue weighted by Gasteiger charge is 2.50. The van der Waals surface area contributed by atoms with Crippen LogP contribution < -0.4 is 10.9 Å². The van der Waals surface area contributed by atoms with Crippen LogP contribution in [0.25, 0.3) is 0 Å². The summed E-state index contributed by atoms with van der Waals surface area (Å²) in [6, 6.07) is 3.28. The largest absolute Gasteiger partial charge is 0.354 e. The van der Waals surface area contributed by atoms with Gasteiger partial charge in [-0.25, -0.2) is 0 Å². The van der Waals surface area contributed by atoms with E-state index in [2.05, 4.69) is 5.32 Å². The van der Waals surface area contributed by atoms with Crippen molar-refractivity contribution in [3.63, 3.8) is 0 Å². The maximum Gasteiger partial charge on any atom is 0.263 e. The Bertz CT molecular complexity index is 895. The number of carbonyl (C=O) groups excluding carboxylic acids is 3. The average Bonchev–Trinajstić information content (AvgIpc) is 2.69. The summed E-state index contributed by atoms with van der Waals surface area (Å²) in [6.45, 7) is 2.94. The molecule has 0 aliphatic carbocycles. The number of hydrogen-bond donors (Lipinski definition) is 1. The zero-order valence-corrected chi connectivity index (χ0v) is 17.0. The first kappa shape index (κ1) is 19.7. The molecule has 3 fully saturated rings. The van der Waals surface area contributed by atoms with Crippen LogP contribution in [0, 0.1) is 11.8 Å². The van der Waals surface area contributed by atoms with Crippen molar-refractivity contribution in [3.05, 3.63) is 34.2 Å². The highest BCUT2D eigenvalue weighted by Crippen LogP contribution is 2.41. The Morgan fingerprint density at radius 3 is 2.72 bits per heavy atom. The second-order valence-corrected chi connectivity index (χ2v) is 8.57. The maximum atomic E-state index is 13.2. The molecule has 8 nitrogen and oxygen atoms in total. The van der Waals surface area contributed by atoms with Gasteiger partial charge in [0, 0.05) is 52.3 Å². The highest BCUT2D eigenvalue weighted by molar-refractivity contribution is 5.94. The van der Waals surface area contributed by atoms with Crippen molar-refractivity contribution >= 4 is 17.7 Å².